The Morgan fingerprint density at radius 1 is 1.00 bits per heavy atom. The average Bonchev–Trinajstić information content (AvgIpc) is 2.86. The molecule has 1 aliphatic rings. The van der Waals surface area contributed by atoms with Crippen molar-refractivity contribution in [3.05, 3.63) is 93.5 Å². The van der Waals surface area contributed by atoms with E-state index in [0.717, 1.165) is 26.9 Å². The number of ether oxygens (including phenoxy) is 2. The highest BCUT2D eigenvalue weighted by molar-refractivity contribution is 9.10. The molecule has 4 amide bonds. The standard InChI is InChI=1S/C27H23BrN2O5/c1-3-17-8-11-20(12-9-17)30-26(32)22(25(31)29-27(30)33)14-18-10-13-21(34-2)15-24(18)35-16-19-6-4-5-7-23(19)28/h4-15H,3,16H2,1-2H3,(H,29,31,33)/b22-14+. The van der Waals surface area contributed by atoms with Crippen molar-refractivity contribution in [3.8, 4) is 11.5 Å². The maximum Gasteiger partial charge on any atom is 0.335 e. The van der Waals surface area contributed by atoms with E-state index in [2.05, 4.69) is 21.2 Å². The topological polar surface area (TPSA) is 84.9 Å². The molecule has 4 rings (SSSR count). The van der Waals surface area contributed by atoms with Gasteiger partial charge >= 0.3 is 6.03 Å². The highest BCUT2D eigenvalue weighted by atomic mass is 79.9. The van der Waals surface area contributed by atoms with Gasteiger partial charge in [0.1, 0.15) is 23.7 Å². The Kier molecular flexibility index (Phi) is 7.31. The number of barbiturate groups is 1. The molecule has 3 aromatic carbocycles. The van der Waals surface area contributed by atoms with Gasteiger partial charge in [0.15, 0.2) is 0 Å². The first-order valence-electron chi connectivity index (χ1n) is 11.0. The second kappa shape index (κ2) is 10.6. The van der Waals surface area contributed by atoms with E-state index < -0.39 is 17.8 Å². The molecule has 1 saturated heterocycles. The van der Waals surface area contributed by atoms with E-state index in [0.29, 0.717) is 22.7 Å². The SMILES string of the molecule is CCc1ccc(N2C(=O)NC(=O)/C(=C\c3ccc(OC)cc3OCc3ccccc3Br)C2=O)cc1. The number of rotatable bonds is 7. The molecule has 0 radical (unpaired) electrons. The zero-order chi connectivity index (χ0) is 24.9. The maximum atomic E-state index is 13.3. The molecule has 1 heterocycles. The van der Waals surface area contributed by atoms with Gasteiger partial charge in [-0.2, -0.15) is 0 Å². The molecular formula is C27H23BrN2O5. The number of hydrogen-bond donors (Lipinski definition) is 1. The van der Waals surface area contributed by atoms with Crippen LogP contribution in [0.15, 0.2) is 76.8 Å². The molecule has 1 fully saturated rings. The van der Waals surface area contributed by atoms with Gasteiger partial charge < -0.3 is 9.47 Å². The number of nitrogens with one attached hydrogen (secondary N) is 1. The summed E-state index contributed by atoms with van der Waals surface area (Å²) in [5, 5.41) is 2.25. The predicted molar refractivity (Wildman–Crippen MR) is 136 cm³/mol. The van der Waals surface area contributed by atoms with Crippen molar-refractivity contribution >= 4 is 45.5 Å². The third-order valence-corrected chi connectivity index (χ3v) is 6.34. The number of carbonyl (C=O) groups excluding carboxylic acids is 3. The number of carbonyl (C=O) groups is 3. The van der Waals surface area contributed by atoms with Crippen molar-refractivity contribution in [2.24, 2.45) is 0 Å². The number of imide groups is 2. The van der Waals surface area contributed by atoms with Gasteiger partial charge in [-0.05, 0) is 48.4 Å². The van der Waals surface area contributed by atoms with Gasteiger partial charge in [-0.1, -0.05) is 53.2 Å². The summed E-state index contributed by atoms with van der Waals surface area (Å²) in [5.74, 6) is -0.505. The van der Waals surface area contributed by atoms with Gasteiger partial charge in [-0.3, -0.25) is 14.9 Å². The Balaban J connectivity index is 1.68. The Labute approximate surface area is 211 Å². The second-order valence-corrected chi connectivity index (χ2v) is 8.62. The van der Waals surface area contributed by atoms with Crippen LogP contribution in [-0.2, 0) is 22.6 Å². The van der Waals surface area contributed by atoms with Gasteiger partial charge in [0.25, 0.3) is 11.8 Å². The summed E-state index contributed by atoms with van der Waals surface area (Å²) in [5.41, 5.74) is 2.68. The summed E-state index contributed by atoms with van der Waals surface area (Å²) < 4.78 is 12.3. The van der Waals surface area contributed by atoms with E-state index in [4.69, 9.17) is 9.47 Å². The molecule has 1 aliphatic heterocycles. The molecule has 1 N–H and O–H groups in total. The van der Waals surface area contributed by atoms with Gasteiger partial charge in [0.2, 0.25) is 0 Å². The molecule has 35 heavy (non-hydrogen) atoms. The molecule has 178 valence electrons. The molecule has 0 bridgehead atoms. The highest BCUT2D eigenvalue weighted by Crippen LogP contribution is 2.30. The Morgan fingerprint density at radius 3 is 2.43 bits per heavy atom. The van der Waals surface area contributed by atoms with Crippen molar-refractivity contribution in [3.63, 3.8) is 0 Å². The number of halogens is 1. The largest absolute Gasteiger partial charge is 0.497 e. The lowest BCUT2D eigenvalue weighted by molar-refractivity contribution is -0.122. The van der Waals surface area contributed by atoms with Crippen LogP contribution in [-0.4, -0.2) is 25.0 Å². The third kappa shape index (κ3) is 5.27. The van der Waals surface area contributed by atoms with Crippen molar-refractivity contribution < 1.29 is 23.9 Å². The van der Waals surface area contributed by atoms with E-state index >= 15 is 0 Å². The smallest absolute Gasteiger partial charge is 0.335 e. The molecule has 7 nitrogen and oxygen atoms in total. The molecule has 0 spiro atoms. The van der Waals surface area contributed by atoms with Crippen LogP contribution in [0.2, 0.25) is 0 Å². The highest BCUT2D eigenvalue weighted by Gasteiger charge is 2.37. The number of amides is 4. The van der Waals surface area contributed by atoms with Crippen LogP contribution in [0.4, 0.5) is 10.5 Å². The minimum Gasteiger partial charge on any atom is -0.497 e. The fourth-order valence-corrected chi connectivity index (χ4v) is 3.98. The fourth-order valence-electron chi connectivity index (χ4n) is 3.59. The van der Waals surface area contributed by atoms with E-state index in [1.54, 1.807) is 30.3 Å². The van der Waals surface area contributed by atoms with Crippen molar-refractivity contribution in [2.45, 2.75) is 20.0 Å². The fraction of sp³-hybridized carbons (Fsp3) is 0.148. The first-order chi connectivity index (χ1) is 16.9. The van der Waals surface area contributed by atoms with Crippen LogP contribution < -0.4 is 19.7 Å². The molecule has 3 aromatic rings. The van der Waals surface area contributed by atoms with Crippen LogP contribution in [0.3, 0.4) is 0 Å². The van der Waals surface area contributed by atoms with E-state index in [9.17, 15) is 14.4 Å². The zero-order valence-corrected chi connectivity index (χ0v) is 20.8. The van der Waals surface area contributed by atoms with Crippen molar-refractivity contribution in [1.82, 2.24) is 5.32 Å². The lowest BCUT2D eigenvalue weighted by Gasteiger charge is -2.26. The first-order valence-corrected chi connectivity index (χ1v) is 11.7. The minimum atomic E-state index is -0.790. The van der Waals surface area contributed by atoms with Crippen molar-refractivity contribution in [1.29, 1.82) is 0 Å². The minimum absolute atomic E-state index is 0.180. The summed E-state index contributed by atoms with van der Waals surface area (Å²) >= 11 is 3.50. The lowest BCUT2D eigenvalue weighted by Crippen LogP contribution is -2.54. The molecular weight excluding hydrogens is 512 g/mol. The number of hydrogen-bond acceptors (Lipinski definition) is 5. The van der Waals surface area contributed by atoms with Gasteiger partial charge in [-0.25, -0.2) is 9.69 Å². The molecule has 8 heteroatoms. The van der Waals surface area contributed by atoms with Gasteiger partial charge in [-0.15, -0.1) is 0 Å². The van der Waals surface area contributed by atoms with Crippen LogP contribution in [0.1, 0.15) is 23.6 Å². The van der Waals surface area contributed by atoms with E-state index in [1.165, 1.54) is 13.2 Å². The first kappa shape index (κ1) is 24.2. The summed E-state index contributed by atoms with van der Waals surface area (Å²) in [7, 11) is 1.54. The number of aryl methyl sites for hydroxylation is 1. The summed E-state index contributed by atoms with van der Waals surface area (Å²) in [6, 6.07) is 19.0. The Hall–Kier alpha value is -3.91. The molecule has 0 unspecified atom stereocenters. The van der Waals surface area contributed by atoms with Crippen LogP contribution in [0.5, 0.6) is 11.5 Å². The van der Waals surface area contributed by atoms with Gasteiger partial charge in [0.05, 0.1) is 12.8 Å². The second-order valence-electron chi connectivity index (χ2n) is 7.76. The van der Waals surface area contributed by atoms with E-state index in [-0.39, 0.29) is 12.2 Å². The monoisotopic (exact) mass is 534 g/mol. The normalized spacial score (nSPS) is 14.8. The summed E-state index contributed by atoms with van der Waals surface area (Å²) in [6.07, 6.45) is 2.25. The van der Waals surface area contributed by atoms with Crippen LogP contribution in [0, 0.1) is 0 Å². The predicted octanol–water partition coefficient (Wildman–Crippen LogP) is 5.27. The number of nitrogens with zero attached hydrogens (tertiary/aromatic N) is 1. The molecule has 0 atom stereocenters. The number of urea groups is 1. The number of anilines is 1. The summed E-state index contributed by atoms with van der Waals surface area (Å²) in [4.78, 5) is 39.4. The number of methoxy groups -OCH3 is 1. The van der Waals surface area contributed by atoms with Crippen LogP contribution >= 0.6 is 15.9 Å². The quantitative estimate of drug-likeness (QED) is 0.330. The Bertz CT molecular complexity index is 1320. The maximum absolute atomic E-state index is 13.3. The Morgan fingerprint density at radius 2 is 1.74 bits per heavy atom. The molecule has 0 aromatic heterocycles. The number of benzene rings is 3. The zero-order valence-electron chi connectivity index (χ0n) is 19.2. The van der Waals surface area contributed by atoms with Crippen LogP contribution in [0.25, 0.3) is 6.08 Å². The van der Waals surface area contributed by atoms with E-state index in [1.807, 2.05) is 43.3 Å². The van der Waals surface area contributed by atoms with Crippen molar-refractivity contribution in [2.75, 3.05) is 12.0 Å². The third-order valence-electron chi connectivity index (χ3n) is 5.57. The molecule has 0 aliphatic carbocycles. The molecule has 0 saturated carbocycles. The summed E-state index contributed by atoms with van der Waals surface area (Å²) in [6.45, 7) is 2.26. The lowest BCUT2D eigenvalue weighted by atomic mass is 10.1. The van der Waals surface area contributed by atoms with Gasteiger partial charge in [0, 0.05) is 21.7 Å². The average molecular weight is 535 g/mol.